The Morgan fingerprint density at radius 2 is 1.57 bits per heavy atom. The van der Waals surface area contributed by atoms with Crippen molar-refractivity contribution in [2.45, 2.75) is 32.6 Å². The molecule has 0 spiro atoms. The number of carbonyl (C=O) groups excluding carboxylic acids is 4. The summed E-state index contributed by atoms with van der Waals surface area (Å²) >= 11 is 12.4. The first-order valence-electron chi connectivity index (χ1n) is 14.4. The molecule has 1 saturated carbocycles. The van der Waals surface area contributed by atoms with Crippen LogP contribution in [0.3, 0.4) is 0 Å². The maximum atomic E-state index is 14.4. The van der Waals surface area contributed by atoms with E-state index in [1.165, 1.54) is 23.1 Å². The Morgan fingerprint density at radius 1 is 0.864 bits per heavy atom. The van der Waals surface area contributed by atoms with Crippen LogP contribution in [0.1, 0.15) is 36.8 Å². The number of phenolic OH excluding ortho intramolecular Hbond substituents is 1. The molecule has 3 fully saturated rings. The molecular formula is C34H27Cl2FN2O5. The number of fused-ring (bicyclic) bond motifs is 4. The van der Waals surface area contributed by atoms with Crippen molar-refractivity contribution in [2.75, 3.05) is 9.80 Å². The normalized spacial score (nSPS) is 29.5. The molecule has 2 heterocycles. The van der Waals surface area contributed by atoms with Crippen molar-refractivity contribution in [1.82, 2.24) is 0 Å². The second kappa shape index (κ2) is 10.0. The van der Waals surface area contributed by atoms with Crippen LogP contribution < -0.4 is 9.80 Å². The van der Waals surface area contributed by atoms with Crippen molar-refractivity contribution in [3.63, 3.8) is 0 Å². The van der Waals surface area contributed by atoms with E-state index >= 15 is 0 Å². The Labute approximate surface area is 262 Å². The maximum absolute atomic E-state index is 14.4. The summed E-state index contributed by atoms with van der Waals surface area (Å²) in [5, 5.41) is 10.7. The number of benzene rings is 3. The average molecular weight is 634 g/mol. The smallest absolute Gasteiger partial charge is 0.241 e. The van der Waals surface area contributed by atoms with Gasteiger partial charge in [0, 0.05) is 10.9 Å². The molecule has 1 N–H and O–H groups in total. The van der Waals surface area contributed by atoms with Crippen LogP contribution in [0.25, 0.3) is 0 Å². The quantitative estimate of drug-likeness (QED) is 0.260. The highest BCUT2D eigenvalue weighted by molar-refractivity contribution is 6.32. The summed E-state index contributed by atoms with van der Waals surface area (Å²) in [7, 11) is 0. The number of phenols is 1. The molecule has 10 heteroatoms. The molecule has 0 radical (unpaired) electrons. The zero-order valence-corrected chi connectivity index (χ0v) is 25.3. The number of nitrogens with zero attached hydrogens (tertiary/aromatic N) is 2. The van der Waals surface area contributed by atoms with E-state index in [1.807, 2.05) is 13.0 Å². The number of aromatic hydroxyl groups is 1. The number of hydrogen-bond acceptors (Lipinski definition) is 5. The number of carbonyl (C=O) groups is 4. The zero-order chi connectivity index (χ0) is 31.2. The average Bonchev–Trinajstić information content (AvgIpc) is 3.35. The van der Waals surface area contributed by atoms with E-state index in [4.69, 9.17) is 23.2 Å². The highest BCUT2D eigenvalue weighted by Crippen LogP contribution is 2.64. The van der Waals surface area contributed by atoms with Gasteiger partial charge in [-0.15, -0.1) is 0 Å². The monoisotopic (exact) mass is 632 g/mol. The maximum Gasteiger partial charge on any atom is 0.241 e. The summed E-state index contributed by atoms with van der Waals surface area (Å²) in [5.74, 6) is -5.78. The second-order valence-corrected chi connectivity index (χ2v) is 13.1. The molecule has 4 aliphatic rings. The molecule has 2 aliphatic carbocycles. The van der Waals surface area contributed by atoms with E-state index in [1.54, 1.807) is 43.3 Å². The lowest BCUT2D eigenvalue weighted by Crippen LogP contribution is -2.48. The van der Waals surface area contributed by atoms with Gasteiger partial charge in [-0.25, -0.2) is 14.2 Å². The fourth-order valence-electron chi connectivity index (χ4n) is 7.95. The van der Waals surface area contributed by atoms with Crippen LogP contribution in [0.4, 0.5) is 15.8 Å². The van der Waals surface area contributed by atoms with Crippen LogP contribution in [0.5, 0.6) is 5.75 Å². The fraction of sp³-hybridized carbons (Fsp3) is 0.294. The number of hydrogen-bond donors (Lipinski definition) is 1. The van der Waals surface area contributed by atoms with Crippen molar-refractivity contribution < 1.29 is 28.7 Å². The first-order chi connectivity index (χ1) is 20.9. The molecule has 224 valence electrons. The summed E-state index contributed by atoms with van der Waals surface area (Å²) in [6.45, 7) is 3.57. The van der Waals surface area contributed by atoms with E-state index < -0.39 is 52.6 Å². The molecule has 0 bridgehead atoms. The Kier molecular flexibility index (Phi) is 6.54. The van der Waals surface area contributed by atoms with Crippen LogP contribution in [0, 0.1) is 41.8 Å². The molecule has 0 aromatic heterocycles. The van der Waals surface area contributed by atoms with Gasteiger partial charge in [0.25, 0.3) is 0 Å². The lowest BCUT2D eigenvalue weighted by Gasteiger charge is -2.49. The molecule has 3 aromatic carbocycles. The van der Waals surface area contributed by atoms with Gasteiger partial charge in [0.15, 0.2) is 0 Å². The second-order valence-electron chi connectivity index (χ2n) is 12.3. The number of allylic oxidation sites excluding steroid dienone is 2. The summed E-state index contributed by atoms with van der Waals surface area (Å²) in [5.41, 5.74) is 1.47. The van der Waals surface area contributed by atoms with Gasteiger partial charge in [-0.05, 0) is 86.2 Å². The van der Waals surface area contributed by atoms with Gasteiger partial charge in [0.05, 0.1) is 39.6 Å². The first kappa shape index (κ1) is 28.7. The van der Waals surface area contributed by atoms with E-state index in [0.29, 0.717) is 16.3 Å². The SMILES string of the molecule is Cc1ccc(N2C(=O)[C@H]3[C@H](CC=C4[C@H]3C[C@H]3C(=O)N(c5ccc(F)c(Cl)c5)C(=O)[C@@]3(C)[C@H]4c3cccc(O)c3)C2=O)cc1Cl. The lowest BCUT2D eigenvalue weighted by molar-refractivity contribution is -0.131. The third-order valence-corrected chi connectivity index (χ3v) is 10.8. The van der Waals surface area contributed by atoms with Crippen molar-refractivity contribution in [3.8, 4) is 5.75 Å². The number of amides is 4. The minimum Gasteiger partial charge on any atom is -0.508 e. The molecular weight excluding hydrogens is 606 g/mol. The minimum atomic E-state index is -1.29. The Bertz CT molecular complexity index is 1840. The third-order valence-electron chi connectivity index (χ3n) is 10.1. The van der Waals surface area contributed by atoms with Crippen LogP contribution in [-0.2, 0) is 19.2 Å². The molecule has 4 amide bonds. The fourth-order valence-corrected chi connectivity index (χ4v) is 8.29. The Balaban J connectivity index is 1.36. The summed E-state index contributed by atoms with van der Waals surface area (Å²) in [6, 6.07) is 15.3. The molecule has 7 nitrogen and oxygen atoms in total. The van der Waals surface area contributed by atoms with Crippen LogP contribution in [0.15, 0.2) is 72.3 Å². The predicted octanol–water partition coefficient (Wildman–Crippen LogP) is 6.58. The van der Waals surface area contributed by atoms with Crippen molar-refractivity contribution in [2.24, 2.45) is 29.1 Å². The van der Waals surface area contributed by atoms with E-state index in [-0.39, 0.29) is 41.1 Å². The number of halogens is 3. The number of anilines is 2. The molecule has 7 rings (SSSR count). The van der Waals surface area contributed by atoms with E-state index in [0.717, 1.165) is 22.1 Å². The molecule has 6 atom stereocenters. The van der Waals surface area contributed by atoms with Crippen molar-refractivity contribution in [3.05, 3.63) is 99.3 Å². The van der Waals surface area contributed by atoms with E-state index in [9.17, 15) is 28.7 Å². The van der Waals surface area contributed by atoms with E-state index in [2.05, 4.69) is 0 Å². The predicted molar refractivity (Wildman–Crippen MR) is 163 cm³/mol. The molecule has 2 aliphatic heterocycles. The van der Waals surface area contributed by atoms with Gasteiger partial charge in [-0.1, -0.05) is 53.1 Å². The summed E-state index contributed by atoms with van der Waals surface area (Å²) in [4.78, 5) is 58.7. The first-order valence-corrected chi connectivity index (χ1v) is 15.1. The minimum absolute atomic E-state index is 0.00690. The highest BCUT2D eigenvalue weighted by Gasteiger charge is 2.67. The third kappa shape index (κ3) is 3.93. The molecule has 0 unspecified atom stereocenters. The van der Waals surface area contributed by atoms with Crippen LogP contribution in [-0.4, -0.2) is 28.7 Å². The largest absolute Gasteiger partial charge is 0.508 e. The Morgan fingerprint density at radius 3 is 2.27 bits per heavy atom. The van der Waals surface area contributed by atoms with Gasteiger partial charge in [-0.3, -0.25) is 19.2 Å². The number of rotatable bonds is 3. The topological polar surface area (TPSA) is 95.0 Å². The lowest BCUT2D eigenvalue weighted by atomic mass is 9.51. The standard InChI is InChI=1S/C34H27Cl2FN2O5/c1-16-6-7-18(13-25(16)35)38-30(41)22-10-9-21-23(28(22)32(38)43)15-24-31(42)39(19-8-11-27(37)26(36)14-19)33(44)34(24,2)29(21)17-4-3-5-20(40)12-17/h3-9,11-14,22-24,28-29,40H,10,15H2,1-2H3/t22-,23+,24-,28-,29-,34+/m0/s1. The highest BCUT2D eigenvalue weighted by atomic mass is 35.5. The Hall–Kier alpha value is -4.01. The van der Waals surface area contributed by atoms with Gasteiger partial charge in [0.1, 0.15) is 11.6 Å². The molecule has 2 saturated heterocycles. The van der Waals surface area contributed by atoms with Gasteiger partial charge >= 0.3 is 0 Å². The molecule has 44 heavy (non-hydrogen) atoms. The zero-order valence-electron chi connectivity index (χ0n) is 23.8. The van der Waals surface area contributed by atoms with Gasteiger partial charge in [0.2, 0.25) is 23.6 Å². The van der Waals surface area contributed by atoms with Crippen LogP contribution >= 0.6 is 23.2 Å². The van der Waals surface area contributed by atoms with Gasteiger partial charge < -0.3 is 5.11 Å². The van der Waals surface area contributed by atoms with Gasteiger partial charge in [-0.2, -0.15) is 0 Å². The summed E-state index contributed by atoms with van der Waals surface area (Å²) < 4.78 is 14.0. The number of aryl methyl sites for hydroxylation is 1. The van der Waals surface area contributed by atoms with Crippen molar-refractivity contribution in [1.29, 1.82) is 0 Å². The molecule has 3 aromatic rings. The number of imide groups is 2. The van der Waals surface area contributed by atoms with Crippen LogP contribution in [0.2, 0.25) is 10.0 Å². The van der Waals surface area contributed by atoms with Crippen molar-refractivity contribution >= 4 is 58.2 Å². The summed E-state index contributed by atoms with van der Waals surface area (Å²) in [6.07, 6.45) is 2.39.